The fourth-order valence-corrected chi connectivity index (χ4v) is 5.20. The molecule has 4 heteroatoms. The zero-order chi connectivity index (χ0) is 13.1. The lowest BCUT2D eigenvalue weighted by atomic mass is 9.54. The van der Waals surface area contributed by atoms with Crippen molar-refractivity contribution in [1.29, 1.82) is 0 Å². The van der Waals surface area contributed by atoms with Crippen molar-refractivity contribution in [3.8, 4) is 0 Å². The first-order valence-corrected chi connectivity index (χ1v) is 7.41. The Balaban J connectivity index is 1.74. The van der Waals surface area contributed by atoms with Gasteiger partial charge in [-0.3, -0.25) is 4.68 Å². The molecule has 4 fully saturated rings. The number of aromatic carboxylic acids is 1. The maximum absolute atomic E-state index is 11.4. The van der Waals surface area contributed by atoms with Crippen LogP contribution >= 0.6 is 0 Å². The van der Waals surface area contributed by atoms with Crippen LogP contribution in [-0.2, 0) is 0 Å². The van der Waals surface area contributed by atoms with E-state index in [1.807, 2.05) is 11.6 Å². The van der Waals surface area contributed by atoms with Crippen molar-refractivity contribution < 1.29 is 9.90 Å². The first-order valence-electron chi connectivity index (χ1n) is 7.41. The number of carbonyl (C=O) groups is 1. The van der Waals surface area contributed by atoms with E-state index in [9.17, 15) is 9.90 Å². The lowest BCUT2D eigenvalue weighted by Crippen LogP contribution is -2.46. The van der Waals surface area contributed by atoms with Gasteiger partial charge in [-0.2, -0.15) is 5.10 Å². The van der Waals surface area contributed by atoms with Gasteiger partial charge in [0.15, 0.2) is 0 Å². The highest BCUT2D eigenvalue weighted by Crippen LogP contribution is 2.58. The van der Waals surface area contributed by atoms with Crippen LogP contribution in [0.15, 0.2) is 6.07 Å². The van der Waals surface area contributed by atoms with Crippen LogP contribution in [0, 0.1) is 30.6 Å². The largest absolute Gasteiger partial charge is 0.477 e. The molecule has 19 heavy (non-hydrogen) atoms. The van der Waals surface area contributed by atoms with Gasteiger partial charge >= 0.3 is 5.97 Å². The number of hydrogen-bond donors (Lipinski definition) is 1. The van der Waals surface area contributed by atoms with Gasteiger partial charge in [0.05, 0.1) is 11.7 Å². The maximum Gasteiger partial charge on any atom is 0.354 e. The Morgan fingerprint density at radius 1 is 1.21 bits per heavy atom. The molecule has 0 spiro atoms. The molecule has 102 valence electrons. The fraction of sp³-hybridized carbons (Fsp3) is 0.733. The van der Waals surface area contributed by atoms with Gasteiger partial charge in [-0.1, -0.05) is 0 Å². The van der Waals surface area contributed by atoms with E-state index >= 15 is 0 Å². The van der Waals surface area contributed by atoms with Gasteiger partial charge in [0.2, 0.25) is 0 Å². The van der Waals surface area contributed by atoms with Gasteiger partial charge in [-0.25, -0.2) is 4.79 Å². The second-order valence-corrected chi connectivity index (χ2v) is 6.84. The third kappa shape index (κ3) is 1.65. The molecule has 0 unspecified atom stereocenters. The highest BCUT2D eigenvalue weighted by atomic mass is 16.4. The van der Waals surface area contributed by atoms with Gasteiger partial charge in [-0.05, 0) is 68.8 Å². The third-order valence-electron chi connectivity index (χ3n) is 5.54. The highest BCUT2D eigenvalue weighted by molar-refractivity contribution is 5.85. The van der Waals surface area contributed by atoms with Crippen LogP contribution in [0.1, 0.15) is 54.3 Å². The van der Waals surface area contributed by atoms with Gasteiger partial charge in [0, 0.05) is 0 Å². The molecule has 4 saturated carbocycles. The van der Waals surface area contributed by atoms with E-state index in [0.717, 1.165) is 17.5 Å². The quantitative estimate of drug-likeness (QED) is 0.889. The van der Waals surface area contributed by atoms with Crippen LogP contribution in [0.25, 0.3) is 0 Å². The van der Waals surface area contributed by atoms with E-state index in [1.165, 1.54) is 32.1 Å². The van der Waals surface area contributed by atoms with E-state index in [-0.39, 0.29) is 0 Å². The molecule has 4 bridgehead atoms. The summed E-state index contributed by atoms with van der Waals surface area (Å²) in [7, 11) is 0. The molecule has 0 atom stereocenters. The minimum absolute atomic E-state index is 0.340. The number of hydrogen-bond acceptors (Lipinski definition) is 2. The molecule has 1 aromatic heterocycles. The minimum Gasteiger partial charge on any atom is -0.477 e. The fourth-order valence-electron chi connectivity index (χ4n) is 5.20. The predicted octanol–water partition coefficient (Wildman–Crippen LogP) is 2.89. The zero-order valence-corrected chi connectivity index (χ0v) is 11.2. The topological polar surface area (TPSA) is 55.1 Å². The molecule has 5 rings (SSSR count). The molecule has 0 amide bonds. The van der Waals surface area contributed by atoms with Crippen molar-refractivity contribution in [2.45, 2.75) is 45.1 Å². The molecule has 1 N–H and O–H groups in total. The summed E-state index contributed by atoms with van der Waals surface area (Å²) in [6.45, 7) is 1.89. The summed E-state index contributed by atoms with van der Waals surface area (Å²) >= 11 is 0. The van der Waals surface area contributed by atoms with Crippen molar-refractivity contribution in [2.75, 3.05) is 0 Å². The van der Waals surface area contributed by atoms with Gasteiger partial charge in [0.1, 0.15) is 5.69 Å². The molecule has 0 aromatic carbocycles. The standard InChI is InChI=1S/C15H20N2O2/c1-8-2-13(15(18)19)17(16-8)14-11-4-9-3-10(6-11)7-12(14)5-9/h2,9-12,14H,3-7H2,1H3,(H,18,19). The number of aromatic nitrogens is 2. The second-order valence-electron chi connectivity index (χ2n) is 6.84. The Bertz CT molecular complexity index is 506. The third-order valence-corrected chi connectivity index (χ3v) is 5.54. The number of nitrogens with zero attached hydrogens (tertiary/aromatic N) is 2. The number of carboxylic acids is 1. The van der Waals surface area contributed by atoms with Gasteiger partial charge in [-0.15, -0.1) is 0 Å². The molecular weight excluding hydrogens is 240 g/mol. The van der Waals surface area contributed by atoms with Crippen LogP contribution in [-0.4, -0.2) is 20.9 Å². The lowest BCUT2D eigenvalue weighted by Gasteiger charge is -2.54. The Labute approximate surface area is 112 Å². The second kappa shape index (κ2) is 3.84. The average Bonchev–Trinajstić information content (AvgIpc) is 2.70. The Morgan fingerprint density at radius 2 is 1.79 bits per heavy atom. The molecule has 4 nitrogen and oxygen atoms in total. The molecular formula is C15H20N2O2. The van der Waals surface area contributed by atoms with Crippen molar-refractivity contribution in [2.24, 2.45) is 23.7 Å². The van der Waals surface area contributed by atoms with E-state index in [2.05, 4.69) is 5.10 Å². The van der Waals surface area contributed by atoms with Gasteiger partial charge < -0.3 is 5.11 Å². The Morgan fingerprint density at radius 3 is 2.32 bits per heavy atom. The molecule has 0 saturated heterocycles. The molecule has 4 aliphatic carbocycles. The van der Waals surface area contributed by atoms with Crippen molar-refractivity contribution in [1.82, 2.24) is 9.78 Å². The van der Waals surface area contributed by atoms with Crippen LogP contribution in [0.2, 0.25) is 0 Å². The lowest BCUT2D eigenvalue weighted by molar-refractivity contribution is -0.0348. The van der Waals surface area contributed by atoms with Crippen molar-refractivity contribution in [3.05, 3.63) is 17.5 Å². The van der Waals surface area contributed by atoms with Crippen LogP contribution in [0.3, 0.4) is 0 Å². The molecule has 1 heterocycles. The van der Waals surface area contributed by atoms with Crippen molar-refractivity contribution in [3.63, 3.8) is 0 Å². The van der Waals surface area contributed by atoms with E-state index in [4.69, 9.17) is 0 Å². The summed E-state index contributed by atoms with van der Waals surface area (Å²) in [5.74, 6) is 2.30. The van der Waals surface area contributed by atoms with Crippen LogP contribution < -0.4 is 0 Å². The van der Waals surface area contributed by atoms with Gasteiger partial charge in [0.25, 0.3) is 0 Å². The molecule has 4 aliphatic rings. The SMILES string of the molecule is Cc1cc(C(=O)O)n(C2C3CC4CC(C3)CC2C4)n1. The molecule has 0 aliphatic heterocycles. The monoisotopic (exact) mass is 260 g/mol. The number of carboxylic acid groups (broad SMARTS) is 1. The summed E-state index contributed by atoms with van der Waals surface area (Å²) < 4.78 is 1.85. The molecule has 1 aromatic rings. The normalized spacial score (nSPS) is 39.7. The number of aryl methyl sites for hydroxylation is 1. The average molecular weight is 260 g/mol. The summed E-state index contributed by atoms with van der Waals surface area (Å²) in [5, 5.41) is 13.9. The van der Waals surface area contributed by atoms with Crippen LogP contribution in [0.4, 0.5) is 0 Å². The first-order chi connectivity index (χ1) is 9.11. The van der Waals surface area contributed by atoms with E-state index < -0.39 is 5.97 Å². The minimum atomic E-state index is -0.839. The highest BCUT2D eigenvalue weighted by Gasteiger charge is 2.49. The first kappa shape index (κ1) is 11.5. The molecule has 0 radical (unpaired) electrons. The zero-order valence-electron chi connectivity index (χ0n) is 11.2. The summed E-state index contributed by atoms with van der Waals surface area (Å²) in [6, 6.07) is 2.06. The Kier molecular flexibility index (Phi) is 2.32. The van der Waals surface area contributed by atoms with E-state index in [1.54, 1.807) is 6.07 Å². The van der Waals surface area contributed by atoms with Crippen molar-refractivity contribution >= 4 is 5.97 Å². The summed E-state index contributed by atoms with van der Waals surface area (Å²) in [6.07, 6.45) is 6.57. The predicted molar refractivity (Wildman–Crippen MR) is 70.0 cm³/mol. The van der Waals surface area contributed by atoms with Crippen LogP contribution in [0.5, 0.6) is 0 Å². The smallest absolute Gasteiger partial charge is 0.354 e. The van der Waals surface area contributed by atoms with E-state index in [0.29, 0.717) is 23.6 Å². The number of rotatable bonds is 2. The summed E-state index contributed by atoms with van der Waals surface area (Å²) in [5.41, 5.74) is 1.21. The Hall–Kier alpha value is -1.32. The maximum atomic E-state index is 11.4. The summed E-state index contributed by atoms with van der Waals surface area (Å²) in [4.78, 5) is 11.4.